The van der Waals surface area contributed by atoms with Crippen molar-refractivity contribution in [1.29, 1.82) is 0 Å². The molecule has 0 saturated heterocycles. The van der Waals surface area contributed by atoms with Gasteiger partial charge in [0, 0.05) is 42.8 Å². The number of halogens is 1. The number of hydrogen-bond donors (Lipinski definition) is 2. The van der Waals surface area contributed by atoms with Crippen molar-refractivity contribution < 1.29 is 9.90 Å². The van der Waals surface area contributed by atoms with Crippen LogP contribution in [0.2, 0.25) is 0 Å². The van der Waals surface area contributed by atoms with Crippen molar-refractivity contribution in [2.45, 2.75) is 13.0 Å². The second kappa shape index (κ2) is 6.61. The van der Waals surface area contributed by atoms with Gasteiger partial charge in [0.2, 0.25) is 5.91 Å². The van der Waals surface area contributed by atoms with Crippen molar-refractivity contribution in [3.8, 4) is 0 Å². The quantitative estimate of drug-likeness (QED) is 0.867. The Morgan fingerprint density at radius 3 is 2.82 bits per heavy atom. The maximum Gasteiger partial charge on any atom is 0.221 e. The normalized spacial score (nSPS) is 10.1. The van der Waals surface area contributed by atoms with Crippen LogP contribution in [0.15, 0.2) is 22.7 Å². The molecule has 0 spiro atoms. The van der Waals surface area contributed by atoms with Crippen LogP contribution in [0.3, 0.4) is 0 Å². The second-order valence-electron chi connectivity index (χ2n) is 3.78. The summed E-state index contributed by atoms with van der Waals surface area (Å²) in [6, 6.07) is 5.70. The first kappa shape index (κ1) is 14.0. The number of aliphatic hydroxyl groups excluding tert-OH is 1. The molecule has 17 heavy (non-hydrogen) atoms. The molecule has 0 heterocycles. The van der Waals surface area contributed by atoms with E-state index in [1.165, 1.54) is 0 Å². The lowest BCUT2D eigenvalue weighted by Crippen LogP contribution is -2.26. The summed E-state index contributed by atoms with van der Waals surface area (Å²) in [5, 5.41) is 11.8. The van der Waals surface area contributed by atoms with E-state index in [-0.39, 0.29) is 12.5 Å². The largest absolute Gasteiger partial charge is 0.392 e. The summed E-state index contributed by atoms with van der Waals surface area (Å²) in [5.74, 6) is 0.0115. The molecule has 0 aliphatic rings. The van der Waals surface area contributed by atoms with Crippen LogP contribution in [0.4, 0.5) is 5.69 Å². The van der Waals surface area contributed by atoms with Gasteiger partial charge in [0.15, 0.2) is 0 Å². The van der Waals surface area contributed by atoms with Crippen LogP contribution in [0.25, 0.3) is 0 Å². The summed E-state index contributed by atoms with van der Waals surface area (Å²) >= 11 is 3.40. The Balaban J connectivity index is 2.76. The first-order chi connectivity index (χ1) is 8.08. The van der Waals surface area contributed by atoms with Gasteiger partial charge in [-0.1, -0.05) is 22.0 Å². The van der Waals surface area contributed by atoms with Gasteiger partial charge < -0.3 is 15.3 Å². The van der Waals surface area contributed by atoms with E-state index in [1.807, 2.05) is 30.1 Å². The van der Waals surface area contributed by atoms with Crippen LogP contribution in [0, 0.1) is 0 Å². The van der Waals surface area contributed by atoms with Gasteiger partial charge in [-0.15, -0.1) is 0 Å². The van der Waals surface area contributed by atoms with Crippen molar-refractivity contribution >= 4 is 27.5 Å². The second-order valence-corrected chi connectivity index (χ2v) is 4.69. The number of benzene rings is 1. The number of rotatable bonds is 5. The van der Waals surface area contributed by atoms with E-state index in [2.05, 4.69) is 21.2 Å². The molecule has 0 aromatic heterocycles. The van der Waals surface area contributed by atoms with E-state index in [1.54, 1.807) is 7.05 Å². The van der Waals surface area contributed by atoms with E-state index in [0.29, 0.717) is 13.0 Å². The number of carbonyl (C=O) groups excluding carboxylic acids is 1. The average molecular weight is 301 g/mol. The number of hydrogen-bond acceptors (Lipinski definition) is 3. The summed E-state index contributed by atoms with van der Waals surface area (Å²) in [7, 11) is 3.53. The molecule has 0 aliphatic heterocycles. The fraction of sp³-hybridized carbons (Fsp3) is 0.417. The highest BCUT2D eigenvalue weighted by Crippen LogP contribution is 2.24. The fourth-order valence-corrected chi connectivity index (χ4v) is 1.89. The Morgan fingerprint density at radius 2 is 2.24 bits per heavy atom. The van der Waals surface area contributed by atoms with Gasteiger partial charge in [-0.05, 0) is 12.1 Å². The zero-order valence-electron chi connectivity index (χ0n) is 10.0. The van der Waals surface area contributed by atoms with E-state index in [4.69, 9.17) is 0 Å². The highest BCUT2D eigenvalue weighted by Gasteiger charge is 2.09. The summed E-state index contributed by atoms with van der Waals surface area (Å²) in [4.78, 5) is 13.1. The van der Waals surface area contributed by atoms with Crippen LogP contribution in [0.5, 0.6) is 0 Å². The highest BCUT2D eigenvalue weighted by atomic mass is 79.9. The Bertz CT molecular complexity index is 396. The molecule has 0 atom stereocenters. The van der Waals surface area contributed by atoms with Gasteiger partial charge in [0.05, 0.1) is 6.61 Å². The minimum atomic E-state index is -0.00702. The molecule has 0 bridgehead atoms. The number of nitrogens with zero attached hydrogens (tertiary/aromatic N) is 1. The Morgan fingerprint density at radius 1 is 1.53 bits per heavy atom. The van der Waals surface area contributed by atoms with Crippen LogP contribution in [0.1, 0.15) is 12.0 Å². The highest BCUT2D eigenvalue weighted by molar-refractivity contribution is 9.10. The Hall–Kier alpha value is -1.07. The van der Waals surface area contributed by atoms with Crippen LogP contribution < -0.4 is 10.2 Å². The molecule has 2 N–H and O–H groups in total. The van der Waals surface area contributed by atoms with Crippen LogP contribution in [-0.4, -0.2) is 31.7 Å². The van der Waals surface area contributed by atoms with E-state index in [9.17, 15) is 9.90 Å². The minimum Gasteiger partial charge on any atom is -0.392 e. The standard InChI is InChI=1S/C12H17BrN2O2/c1-14-12(17)5-6-15(2)11-7-10(13)4-3-9(11)8-16/h3-4,7,16H,5-6,8H2,1-2H3,(H,14,17). The summed E-state index contributed by atoms with van der Waals surface area (Å²) in [6.45, 7) is 0.607. The molecule has 94 valence electrons. The lowest BCUT2D eigenvalue weighted by molar-refractivity contribution is -0.120. The van der Waals surface area contributed by atoms with Crippen molar-refractivity contribution in [1.82, 2.24) is 5.32 Å². The summed E-state index contributed by atoms with van der Waals surface area (Å²) in [5.41, 5.74) is 1.79. The molecule has 0 unspecified atom stereocenters. The lowest BCUT2D eigenvalue weighted by Gasteiger charge is -2.22. The Kier molecular flexibility index (Phi) is 5.44. The molecular formula is C12H17BrN2O2. The summed E-state index contributed by atoms with van der Waals surface area (Å²) in [6.07, 6.45) is 0.435. The third-order valence-electron chi connectivity index (χ3n) is 2.58. The van der Waals surface area contributed by atoms with E-state index in [0.717, 1.165) is 15.7 Å². The number of anilines is 1. The average Bonchev–Trinajstić information content (AvgIpc) is 2.35. The number of carbonyl (C=O) groups is 1. The molecule has 1 amide bonds. The number of nitrogens with one attached hydrogen (secondary N) is 1. The van der Waals surface area contributed by atoms with Gasteiger partial charge in [-0.2, -0.15) is 0 Å². The minimum absolute atomic E-state index is 0.00702. The predicted molar refractivity (Wildman–Crippen MR) is 72.0 cm³/mol. The maximum absolute atomic E-state index is 11.2. The molecular weight excluding hydrogens is 284 g/mol. The molecule has 0 saturated carbocycles. The molecule has 1 aromatic carbocycles. The lowest BCUT2D eigenvalue weighted by atomic mass is 10.1. The van der Waals surface area contributed by atoms with Gasteiger partial charge >= 0.3 is 0 Å². The van der Waals surface area contributed by atoms with Crippen molar-refractivity contribution in [2.24, 2.45) is 0 Å². The molecule has 1 aromatic rings. The monoisotopic (exact) mass is 300 g/mol. The first-order valence-electron chi connectivity index (χ1n) is 5.39. The van der Waals surface area contributed by atoms with Gasteiger partial charge in [0.25, 0.3) is 0 Å². The number of amides is 1. The van der Waals surface area contributed by atoms with Crippen molar-refractivity contribution in [3.05, 3.63) is 28.2 Å². The van der Waals surface area contributed by atoms with Gasteiger partial charge in [-0.25, -0.2) is 0 Å². The smallest absolute Gasteiger partial charge is 0.221 e. The molecule has 0 fully saturated rings. The Labute approximate surface area is 110 Å². The topological polar surface area (TPSA) is 52.6 Å². The molecule has 1 rings (SSSR count). The molecule has 0 aliphatic carbocycles. The SMILES string of the molecule is CNC(=O)CCN(C)c1cc(Br)ccc1CO. The van der Waals surface area contributed by atoms with Crippen molar-refractivity contribution in [2.75, 3.05) is 25.5 Å². The fourth-order valence-electron chi connectivity index (χ4n) is 1.54. The van der Waals surface area contributed by atoms with Gasteiger partial charge in [-0.3, -0.25) is 4.79 Å². The summed E-state index contributed by atoms with van der Waals surface area (Å²) < 4.78 is 0.955. The zero-order valence-corrected chi connectivity index (χ0v) is 11.6. The first-order valence-corrected chi connectivity index (χ1v) is 6.18. The van der Waals surface area contributed by atoms with Crippen LogP contribution in [-0.2, 0) is 11.4 Å². The van der Waals surface area contributed by atoms with E-state index < -0.39 is 0 Å². The maximum atomic E-state index is 11.2. The molecule has 5 heteroatoms. The van der Waals surface area contributed by atoms with Crippen molar-refractivity contribution in [3.63, 3.8) is 0 Å². The molecule has 0 radical (unpaired) electrons. The molecule has 4 nitrogen and oxygen atoms in total. The van der Waals surface area contributed by atoms with Crippen LogP contribution >= 0.6 is 15.9 Å². The third kappa shape index (κ3) is 4.02. The zero-order chi connectivity index (χ0) is 12.8. The number of aliphatic hydroxyl groups is 1. The third-order valence-corrected chi connectivity index (χ3v) is 3.08. The van der Waals surface area contributed by atoms with E-state index >= 15 is 0 Å². The predicted octanol–water partition coefficient (Wildman–Crippen LogP) is 1.51. The van der Waals surface area contributed by atoms with Gasteiger partial charge in [0.1, 0.15) is 0 Å².